The minimum absolute atomic E-state index is 0.0945. The van der Waals surface area contributed by atoms with Crippen molar-refractivity contribution in [3.05, 3.63) is 65.7 Å². The van der Waals surface area contributed by atoms with Gasteiger partial charge in [-0.2, -0.15) is 5.10 Å². The van der Waals surface area contributed by atoms with Crippen LogP contribution in [-0.4, -0.2) is 14.6 Å². The van der Waals surface area contributed by atoms with Gasteiger partial charge in [0.1, 0.15) is 0 Å². The van der Waals surface area contributed by atoms with E-state index < -0.39 is 0 Å². The first-order valence-electron chi connectivity index (χ1n) is 6.10. The van der Waals surface area contributed by atoms with Crippen LogP contribution in [0.15, 0.2) is 49.1 Å². The lowest BCUT2D eigenvalue weighted by molar-refractivity contribution is 0.637. The fourth-order valence-electron chi connectivity index (χ4n) is 2.33. The molecular formula is C14H15N5. The highest BCUT2D eigenvalue weighted by atomic mass is 15.3. The molecule has 0 saturated heterocycles. The molecule has 0 amide bonds. The van der Waals surface area contributed by atoms with Gasteiger partial charge in [0.05, 0.1) is 24.0 Å². The molecule has 0 radical (unpaired) electrons. The maximum atomic E-state index is 5.75. The van der Waals surface area contributed by atoms with E-state index in [1.165, 1.54) is 5.56 Å². The average molecular weight is 253 g/mol. The molecule has 0 aliphatic rings. The van der Waals surface area contributed by atoms with E-state index in [0.717, 1.165) is 16.6 Å². The molecule has 2 aromatic heterocycles. The summed E-state index contributed by atoms with van der Waals surface area (Å²) in [5, 5.41) is 4.32. The van der Waals surface area contributed by atoms with Crippen LogP contribution in [0.1, 0.15) is 22.7 Å². The highest BCUT2D eigenvalue weighted by Gasteiger charge is 2.18. The SMILES string of the molecule is Cc1ccccc1C(NN)c1cnn2ccncc12. The number of hydrazine groups is 1. The first kappa shape index (κ1) is 11.8. The summed E-state index contributed by atoms with van der Waals surface area (Å²) in [6, 6.07) is 8.08. The van der Waals surface area contributed by atoms with Crippen LogP contribution in [0.25, 0.3) is 5.52 Å². The zero-order valence-electron chi connectivity index (χ0n) is 10.6. The number of benzene rings is 1. The van der Waals surface area contributed by atoms with Crippen LogP contribution >= 0.6 is 0 Å². The normalized spacial score (nSPS) is 12.7. The third kappa shape index (κ3) is 1.99. The minimum atomic E-state index is -0.0945. The monoisotopic (exact) mass is 253 g/mol. The molecule has 3 rings (SSSR count). The van der Waals surface area contributed by atoms with Gasteiger partial charge in [0.15, 0.2) is 0 Å². The number of aryl methyl sites for hydroxylation is 1. The van der Waals surface area contributed by atoms with Gasteiger partial charge >= 0.3 is 0 Å². The number of rotatable bonds is 3. The Bertz CT molecular complexity index is 704. The highest BCUT2D eigenvalue weighted by Crippen LogP contribution is 2.26. The number of hydrogen-bond donors (Lipinski definition) is 2. The molecule has 0 aliphatic heterocycles. The zero-order chi connectivity index (χ0) is 13.2. The number of nitrogens with two attached hydrogens (primary N) is 1. The Morgan fingerprint density at radius 3 is 2.84 bits per heavy atom. The molecule has 5 heteroatoms. The third-order valence-corrected chi connectivity index (χ3v) is 3.33. The summed E-state index contributed by atoms with van der Waals surface area (Å²) in [4.78, 5) is 4.15. The van der Waals surface area contributed by atoms with Crippen LogP contribution in [0.3, 0.4) is 0 Å². The Morgan fingerprint density at radius 1 is 1.21 bits per heavy atom. The van der Waals surface area contributed by atoms with E-state index in [9.17, 15) is 0 Å². The molecule has 1 aromatic carbocycles. The van der Waals surface area contributed by atoms with Crippen LogP contribution in [-0.2, 0) is 0 Å². The van der Waals surface area contributed by atoms with Crippen molar-refractivity contribution in [3.8, 4) is 0 Å². The van der Waals surface area contributed by atoms with Crippen LogP contribution in [0.5, 0.6) is 0 Å². The van der Waals surface area contributed by atoms with Gasteiger partial charge in [-0.3, -0.25) is 10.8 Å². The molecule has 0 aliphatic carbocycles. The topological polar surface area (TPSA) is 68.2 Å². The van der Waals surface area contributed by atoms with Crippen LogP contribution in [0.2, 0.25) is 0 Å². The van der Waals surface area contributed by atoms with E-state index in [-0.39, 0.29) is 6.04 Å². The molecule has 3 N–H and O–H groups in total. The molecule has 0 fully saturated rings. The van der Waals surface area contributed by atoms with Gasteiger partial charge in [-0.1, -0.05) is 24.3 Å². The first-order valence-corrected chi connectivity index (χ1v) is 6.10. The summed E-state index contributed by atoms with van der Waals surface area (Å²) < 4.78 is 1.80. The van der Waals surface area contributed by atoms with Gasteiger partial charge in [0, 0.05) is 18.0 Å². The summed E-state index contributed by atoms with van der Waals surface area (Å²) >= 11 is 0. The van der Waals surface area contributed by atoms with Crippen molar-refractivity contribution < 1.29 is 0 Å². The predicted molar refractivity (Wildman–Crippen MR) is 73.3 cm³/mol. The Hall–Kier alpha value is -2.24. The molecule has 1 atom stereocenters. The second kappa shape index (κ2) is 4.79. The number of aromatic nitrogens is 3. The third-order valence-electron chi connectivity index (χ3n) is 3.33. The van der Waals surface area contributed by atoms with Crippen molar-refractivity contribution in [2.45, 2.75) is 13.0 Å². The molecule has 5 nitrogen and oxygen atoms in total. The van der Waals surface area contributed by atoms with E-state index in [4.69, 9.17) is 5.84 Å². The van der Waals surface area contributed by atoms with Gasteiger partial charge in [-0.05, 0) is 18.1 Å². The van der Waals surface area contributed by atoms with E-state index in [1.54, 1.807) is 16.9 Å². The summed E-state index contributed by atoms with van der Waals surface area (Å²) in [5.41, 5.74) is 7.17. The smallest absolute Gasteiger partial charge is 0.0896 e. The van der Waals surface area contributed by atoms with Crippen molar-refractivity contribution in [2.75, 3.05) is 0 Å². The van der Waals surface area contributed by atoms with Crippen molar-refractivity contribution in [1.29, 1.82) is 0 Å². The minimum Gasteiger partial charge on any atom is -0.271 e. The largest absolute Gasteiger partial charge is 0.271 e. The summed E-state index contributed by atoms with van der Waals surface area (Å²) in [6.07, 6.45) is 7.16. The van der Waals surface area contributed by atoms with E-state index in [2.05, 4.69) is 34.6 Å². The van der Waals surface area contributed by atoms with Gasteiger partial charge in [-0.15, -0.1) is 0 Å². The standard InChI is InChI=1S/C14H15N5/c1-10-4-2-3-5-11(10)14(18-15)12-8-17-19-7-6-16-9-13(12)19/h2-9,14,18H,15H2,1H3. The van der Waals surface area contributed by atoms with Crippen molar-refractivity contribution in [3.63, 3.8) is 0 Å². The molecule has 19 heavy (non-hydrogen) atoms. The second-order valence-corrected chi connectivity index (χ2v) is 4.46. The molecule has 3 aromatic rings. The summed E-state index contributed by atoms with van der Waals surface area (Å²) in [5.74, 6) is 5.75. The fraction of sp³-hybridized carbons (Fsp3) is 0.143. The van der Waals surface area contributed by atoms with Crippen molar-refractivity contribution >= 4 is 5.52 Å². The van der Waals surface area contributed by atoms with Gasteiger partial charge in [0.2, 0.25) is 0 Å². The molecule has 0 saturated carbocycles. The van der Waals surface area contributed by atoms with Crippen molar-refractivity contribution in [1.82, 2.24) is 20.0 Å². The maximum absolute atomic E-state index is 5.75. The van der Waals surface area contributed by atoms with E-state index in [0.29, 0.717) is 0 Å². The second-order valence-electron chi connectivity index (χ2n) is 4.46. The lowest BCUT2D eigenvalue weighted by Crippen LogP contribution is -2.29. The summed E-state index contributed by atoms with van der Waals surface area (Å²) in [7, 11) is 0. The molecule has 96 valence electrons. The van der Waals surface area contributed by atoms with Gasteiger partial charge in [0.25, 0.3) is 0 Å². The van der Waals surface area contributed by atoms with Crippen LogP contribution in [0.4, 0.5) is 0 Å². The number of hydrogen-bond acceptors (Lipinski definition) is 4. The summed E-state index contributed by atoms with van der Waals surface area (Å²) in [6.45, 7) is 2.07. The van der Waals surface area contributed by atoms with E-state index in [1.807, 2.05) is 24.5 Å². The van der Waals surface area contributed by atoms with Gasteiger partial charge < -0.3 is 0 Å². The first-order chi connectivity index (χ1) is 9.31. The number of nitrogens with zero attached hydrogens (tertiary/aromatic N) is 3. The molecule has 1 unspecified atom stereocenters. The number of nitrogens with one attached hydrogen (secondary N) is 1. The highest BCUT2D eigenvalue weighted by molar-refractivity contribution is 5.56. The van der Waals surface area contributed by atoms with E-state index >= 15 is 0 Å². The van der Waals surface area contributed by atoms with Gasteiger partial charge in [-0.25, -0.2) is 9.94 Å². The molecule has 2 heterocycles. The fourth-order valence-corrected chi connectivity index (χ4v) is 2.33. The van der Waals surface area contributed by atoms with Crippen LogP contribution < -0.4 is 11.3 Å². The molecule has 0 bridgehead atoms. The molecule has 0 spiro atoms. The Morgan fingerprint density at radius 2 is 2.05 bits per heavy atom. The Balaban J connectivity index is 2.15. The zero-order valence-corrected chi connectivity index (χ0v) is 10.6. The molecular weight excluding hydrogens is 238 g/mol. The maximum Gasteiger partial charge on any atom is 0.0896 e. The Kier molecular flexibility index (Phi) is 2.98. The quantitative estimate of drug-likeness (QED) is 0.549. The van der Waals surface area contributed by atoms with Crippen molar-refractivity contribution in [2.24, 2.45) is 5.84 Å². The lowest BCUT2D eigenvalue weighted by atomic mass is 9.97. The number of fused-ring (bicyclic) bond motifs is 1. The Labute approximate surface area is 111 Å². The predicted octanol–water partition coefficient (Wildman–Crippen LogP) is 1.59. The lowest BCUT2D eigenvalue weighted by Gasteiger charge is -2.17. The van der Waals surface area contributed by atoms with Crippen LogP contribution in [0, 0.1) is 6.92 Å². The average Bonchev–Trinajstić information content (AvgIpc) is 2.86.